The summed E-state index contributed by atoms with van der Waals surface area (Å²) in [4.78, 5) is 23.2. The molecule has 1 atom stereocenters. The minimum Gasteiger partial charge on any atom is -0.350 e. The van der Waals surface area contributed by atoms with Crippen molar-refractivity contribution < 1.29 is 14.0 Å². The molecule has 110 valence electrons. The molecular formula is C14H18ClFN2O2. The first-order chi connectivity index (χ1) is 9.54. The number of carbonyl (C=O) groups excluding carboxylic acids is 2. The Labute approximate surface area is 122 Å². The van der Waals surface area contributed by atoms with Gasteiger partial charge < -0.3 is 10.6 Å². The number of amides is 2. The molecule has 20 heavy (non-hydrogen) atoms. The maximum absolute atomic E-state index is 13.4. The molecule has 0 bridgehead atoms. The highest BCUT2D eigenvalue weighted by molar-refractivity contribution is 6.17. The number of carbonyl (C=O) groups is 2. The van der Waals surface area contributed by atoms with Gasteiger partial charge in [0.05, 0.1) is 0 Å². The van der Waals surface area contributed by atoms with Gasteiger partial charge in [0.2, 0.25) is 11.8 Å². The van der Waals surface area contributed by atoms with Crippen LogP contribution in [0.5, 0.6) is 0 Å². The van der Waals surface area contributed by atoms with Crippen molar-refractivity contribution >= 4 is 23.4 Å². The molecule has 1 rings (SSSR count). The van der Waals surface area contributed by atoms with E-state index in [1.807, 2.05) is 0 Å². The zero-order valence-electron chi connectivity index (χ0n) is 11.3. The molecule has 6 heteroatoms. The standard InChI is InChI=1S/C14H18ClFN2O2/c1-10(18-13(19)7-4-8-15)14(20)17-9-11-5-2-3-6-12(11)16/h2-3,5-6,10H,4,7-9H2,1H3,(H,17,20)(H,18,19)/t10-/m1/s1. The summed E-state index contributed by atoms with van der Waals surface area (Å²) < 4.78 is 13.4. The van der Waals surface area contributed by atoms with E-state index >= 15 is 0 Å². The fourth-order valence-corrected chi connectivity index (χ4v) is 1.72. The molecule has 0 unspecified atom stereocenters. The fraction of sp³-hybridized carbons (Fsp3) is 0.429. The van der Waals surface area contributed by atoms with Gasteiger partial charge in [-0.1, -0.05) is 18.2 Å². The molecule has 0 heterocycles. The lowest BCUT2D eigenvalue weighted by Crippen LogP contribution is -2.44. The first-order valence-corrected chi connectivity index (χ1v) is 6.94. The Balaban J connectivity index is 2.39. The van der Waals surface area contributed by atoms with E-state index in [9.17, 15) is 14.0 Å². The van der Waals surface area contributed by atoms with E-state index in [2.05, 4.69) is 10.6 Å². The van der Waals surface area contributed by atoms with Crippen molar-refractivity contribution in [3.63, 3.8) is 0 Å². The monoisotopic (exact) mass is 300 g/mol. The van der Waals surface area contributed by atoms with Crippen LogP contribution in [0.3, 0.4) is 0 Å². The van der Waals surface area contributed by atoms with Crippen LogP contribution in [0.1, 0.15) is 25.3 Å². The topological polar surface area (TPSA) is 58.2 Å². The van der Waals surface area contributed by atoms with Gasteiger partial charge in [-0.2, -0.15) is 0 Å². The summed E-state index contributed by atoms with van der Waals surface area (Å²) >= 11 is 5.48. The average Bonchev–Trinajstić information content (AvgIpc) is 2.43. The van der Waals surface area contributed by atoms with E-state index in [0.717, 1.165) is 0 Å². The molecule has 1 aromatic rings. The number of rotatable bonds is 7. The van der Waals surface area contributed by atoms with Crippen LogP contribution >= 0.6 is 11.6 Å². The van der Waals surface area contributed by atoms with Crippen molar-refractivity contribution in [3.8, 4) is 0 Å². The normalized spacial score (nSPS) is 11.8. The molecule has 0 saturated carbocycles. The van der Waals surface area contributed by atoms with Crippen molar-refractivity contribution in [3.05, 3.63) is 35.6 Å². The van der Waals surface area contributed by atoms with E-state index in [1.165, 1.54) is 6.07 Å². The highest BCUT2D eigenvalue weighted by atomic mass is 35.5. The van der Waals surface area contributed by atoms with Crippen LogP contribution in [-0.2, 0) is 16.1 Å². The lowest BCUT2D eigenvalue weighted by atomic mass is 10.2. The van der Waals surface area contributed by atoms with E-state index in [1.54, 1.807) is 25.1 Å². The minimum absolute atomic E-state index is 0.0907. The van der Waals surface area contributed by atoms with E-state index in [0.29, 0.717) is 17.9 Å². The van der Waals surface area contributed by atoms with E-state index < -0.39 is 6.04 Å². The van der Waals surface area contributed by atoms with Gasteiger partial charge in [0.1, 0.15) is 11.9 Å². The third-order valence-corrected chi connectivity index (χ3v) is 2.99. The first kappa shape index (κ1) is 16.4. The molecule has 1 aromatic carbocycles. The van der Waals surface area contributed by atoms with Crippen molar-refractivity contribution in [2.45, 2.75) is 32.4 Å². The summed E-state index contributed by atoms with van der Waals surface area (Å²) in [6, 6.07) is 5.55. The number of hydrogen-bond donors (Lipinski definition) is 2. The minimum atomic E-state index is -0.662. The quantitative estimate of drug-likeness (QED) is 0.756. The zero-order chi connectivity index (χ0) is 15.0. The molecular weight excluding hydrogens is 283 g/mol. The summed E-state index contributed by atoms with van der Waals surface area (Å²) in [5.41, 5.74) is 0.404. The van der Waals surface area contributed by atoms with Crippen molar-refractivity contribution in [2.24, 2.45) is 0 Å². The third-order valence-electron chi connectivity index (χ3n) is 2.72. The lowest BCUT2D eigenvalue weighted by molar-refractivity contribution is -0.128. The van der Waals surface area contributed by atoms with Crippen LogP contribution < -0.4 is 10.6 Å². The van der Waals surface area contributed by atoms with Gasteiger partial charge in [0.25, 0.3) is 0 Å². The van der Waals surface area contributed by atoms with Crippen molar-refractivity contribution in [2.75, 3.05) is 5.88 Å². The fourth-order valence-electron chi connectivity index (χ4n) is 1.58. The molecule has 0 saturated heterocycles. The lowest BCUT2D eigenvalue weighted by Gasteiger charge is -2.14. The molecule has 2 amide bonds. The Hall–Kier alpha value is -1.62. The zero-order valence-corrected chi connectivity index (χ0v) is 12.0. The summed E-state index contributed by atoms with van der Waals surface area (Å²) in [5, 5.41) is 5.14. The Morgan fingerprint density at radius 3 is 2.70 bits per heavy atom. The highest BCUT2D eigenvalue weighted by Gasteiger charge is 2.15. The van der Waals surface area contributed by atoms with Crippen LogP contribution in [0.15, 0.2) is 24.3 Å². The molecule has 0 fully saturated rings. The van der Waals surface area contributed by atoms with Crippen LogP contribution in [0.2, 0.25) is 0 Å². The number of hydrogen-bond acceptors (Lipinski definition) is 2. The third kappa shape index (κ3) is 5.57. The largest absolute Gasteiger partial charge is 0.350 e. The second-order valence-electron chi connectivity index (χ2n) is 4.39. The Morgan fingerprint density at radius 1 is 1.35 bits per heavy atom. The highest BCUT2D eigenvalue weighted by Crippen LogP contribution is 2.05. The summed E-state index contributed by atoms with van der Waals surface area (Å²) in [5.74, 6) is -0.542. The van der Waals surface area contributed by atoms with Crippen molar-refractivity contribution in [1.82, 2.24) is 10.6 Å². The number of alkyl halides is 1. The maximum atomic E-state index is 13.4. The SMILES string of the molecule is C[C@@H](NC(=O)CCCCl)C(=O)NCc1ccccc1F. The Morgan fingerprint density at radius 2 is 2.05 bits per heavy atom. The first-order valence-electron chi connectivity index (χ1n) is 6.41. The van der Waals surface area contributed by atoms with E-state index in [-0.39, 0.29) is 30.6 Å². The van der Waals surface area contributed by atoms with Gasteiger partial charge in [-0.15, -0.1) is 11.6 Å². The van der Waals surface area contributed by atoms with Gasteiger partial charge in [-0.05, 0) is 19.4 Å². The number of nitrogens with one attached hydrogen (secondary N) is 2. The van der Waals surface area contributed by atoms with E-state index in [4.69, 9.17) is 11.6 Å². The molecule has 0 aromatic heterocycles. The van der Waals surface area contributed by atoms with Crippen molar-refractivity contribution in [1.29, 1.82) is 0 Å². The molecule has 0 aliphatic heterocycles. The molecule has 4 nitrogen and oxygen atoms in total. The summed E-state index contributed by atoms with van der Waals surface area (Å²) in [7, 11) is 0. The van der Waals surface area contributed by atoms with Gasteiger partial charge in [-0.25, -0.2) is 4.39 Å². The van der Waals surface area contributed by atoms with Crippen LogP contribution in [-0.4, -0.2) is 23.7 Å². The maximum Gasteiger partial charge on any atom is 0.242 e. The Kier molecular flexibility index (Phi) is 7.01. The van der Waals surface area contributed by atoms with Gasteiger partial charge in [-0.3, -0.25) is 9.59 Å². The summed E-state index contributed by atoms with van der Waals surface area (Å²) in [6.45, 7) is 1.67. The Bertz CT molecular complexity index is 468. The average molecular weight is 301 g/mol. The predicted molar refractivity (Wildman–Crippen MR) is 75.8 cm³/mol. The summed E-state index contributed by atoms with van der Waals surface area (Å²) in [6.07, 6.45) is 0.853. The second-order valence-corrected chi connectivity index (χ2v) is 4.77. The van der Waals surface area contributed by atoms with Crippen LogP contribution in [0, 0.1) is 5.82 Å². The van der Waals surface area contributed by atoms with Crippen LogP contribution in [0.25, 0.3) is 0 Å². The molecule has 0 spiro atoms. The predicted octanol–water partition coefficient (Wildman–Crippen LogP) is 1.97. The smallest absolute Gasteiger partial charge is 0.242 e. The molecule has 0 radical (unpaired) electrons. The molecule has 2 N–H and O–H groups in total. The number of halogens is 2. The van der Waals surface area contributed by atoms with Crippen LogP contribution in [0.4, 0.5) is 4.39 Å². The second kappa shape index (κ2) is 8.53. The number of benzene rings is 1. The molecule has 0 aliphatic rings. The molecule has 0 aliphatic carbocycles. The van der Waals surface area contributed by atoms with Gasteiger partial charge >= 0.3 is 0 Å². The van der Waals surface area contributed by atoms with Gasteiger partial charge in [0, 0.05) is 24.4 Å². The van der Waals surface area contributed by atoms with Gasteiger partial charge in [0.15, 0.2) is 0 Å².